The molecule has 2 heterocycles. The number of thioether (sulfide) groups is 1. The van der Waals surface area contributed by atoms with Crippen LogP contribution in [0.3, 0.4) is 0 Å². The highest BCUT2D eigenvalue weighted by molar-refractivity contribution is 8.18. The topological polar surface area (TPSA) is 58.2 Å². The molecule has 30 heavy (non-hydrogen) atoms. The Morgan fingerprint density at radius 2 is 1.90 bits per heavy atom. The van der Waals surface area contributed by atoms with Gasteiger partial charge in [-0.2, -0.15) is 5.10 Å². The van der Waals surface area contributed by atoms with Gasteiger partial charge in [-0.3, -0.25) is 9.69 Å². The first-order valence-electron chi connectivity index (χ1n) is 8.95. The number of amidine groups is 1. The SMILES string of the molecule is O=C1/C(=C/c2ccc(Cl)cc2)S/C(=N\N=C\c2ccccc2F)N1Cc1ccco1. The molecule has 150 valence electrons. The van der Waals surface area contributed by atoms with E-state index in [0.29, 0.717) is 26.4 Å². The molecule has 0 radical (unpaired) electrons. The molecule has 0 spiro atoms. The Balaban J connectivity index is 1.62. The lowest BCUT2D eigenvalue weighted by Crippen LogP contribution is -2.28. The number of amides is 1. The third-order valence-electron chi connectivity index (χ3n) is 4.20. The van der Waals surface area contributed by atoms with Crippen LogP contribution in [0.1, 0.15) is 16.9 Å². The second-order valence-corrected chi connectivity index (χ2v) is 7.73. The van der Waals surface area contributed by atoms with Crippen molar-refractivity contribution < 1.29 is 13.6 Å². The van der Waals surface area contributed by atoms with Gasteiger partial charge >= 0.3 is 0 Å². The summed E-state index contributed by atoms with van der Waals surface area (Å²) in [5.74, 6) is 0.000958. The molecule has 0 N–H and O–H groups in total. The summed E-state index contributed by atoms with van der Waals surface area (Å²) in [6.07, 6.45) is 4.63. The fourth-order valence-electron chi connectivity index (χ4n) is 2.71. The van der Waals surface area contributed by atoms with Crippen molar-refractivity contribution >= 4 is 46.7 Å². The average molecular weight is 440 g/mol. The van der Waals surface area contributed by atoms with E-state index in [0.717, 1.165) is 5.56 Å². The van der Waals surface area contributed by atoms with E-state index in [9.17, 15) is 9.18 Å². The third-order valence-corrected chi connectivity index (χ3v) is 5.44. The smallest absolute Gasteiger partial charge is 0.267 e. The fourth-order valence-corrected chi connectivity index (χ4v) is 3.77. The zero-order valence-electron chi connectivity index (χ0n) is 15.5. The minimum absolute atomic E-state index is 0.213. The molecule has 1 fully saturated rings. The summed E-state index contributed by atoms with van der Waals surface area (Å²) < 4.78 is 19.1. The molecule has 8 heteroatoms. The van der Waals surface area contributed by atoms with Crippen LogP contribution in [-0.4, -0.2) is 22.2 Å². The van der Waals surface area contributed by atoms with E-state index in [4.69, 9.17) is 16.0 Å². The van der Waals surface area contributed by atoms with Gasteiger partial charge in [-0.1, -0.05) is 41.9 Å². The molecule has 1 aromatic heterocycles. The number of carbonyl (C=O) groups excluding carboxylic acids is 1. The highest BCUT2D eigenvalue weighted by atomic mass is 35.5. The Labute approximate surface area is 181 Å². The Kier molecular flexibility index (Phi) is 6.11. The number of rotatable bonds is 5. The molecule has 1 aliphatic heterocycles. The maximum absolute atomic E-state index is 13.8. The van der Waals surface area contributed by atoms with Crippen LogP contribution in [0, 0.1) is 5.82 Å². The Hall–Kier alpha value is -3.16. The predicted molar refractivity (Wildman–Crippen MR) is 118 cm³/mol. The molecule has 0 unspecified atom stereocenters. The summed E-state index contributed by atoms with van der Waals surface area (Å²) >= 11 is 7.12. The zero-order chi connectivity index (χ0) is 20.9. The van der Waals surface area contributed by atoms with Crippen molar-refractivity contribution in [2.75, 3.05) is 0 Å². The van der Waals surface area contributed by atoms with E-state index in [-0.39, 0.29) is 12.5 Å². The van der Waals surface area contributed by atoms with Gasteiger partial charge in [-0.25, -0.2) is 4.39 Å². The van der Waals surface area contributed by atoms with Crippen LogP contribution in [0.5, 0.6) is 0 Å². The van der Waals surface area contributed by atoms with Crippen molar-refractivity contribution in [3.63, 3.8) is 0 Å². The van der Waals surface area contributed by atoms with Crippen LogP contribution in [0.15, 0.2) is 86.5 Å². The molecular formula is C22H15ClFN3O2S. The van der Waals surface area contributed by atoms with Gasteiger partial charge < -0.3 is 4.42 Å². The van der Waals surface area contributed by atoms with Crippen molar-refractivity contribution in [1.29, 1.82) is 0 Å². The highest BCUT2D eigenvalue weighted by Gasteiger charge is 2.34. The van der Waals surface area contributed by atoms with Gasteiger partial charge in [0, 0.05) is 10.6 Å². The Bertz CT molecular complexity index is 1140. The number of halogens is 2. The van der Waals surface area contributed by atoms with Gasteiger partial charge in [0.05, 0.1) is 23.9 Å². The first-order chi connectivity index (χ1) is 14.6. The second-order valence-electron chi connectivity index (χ2n) is 6.28. The molecule has 0 aliphatic carbocycles. The largest absolute Gasteiger partial charge is 0.467 e. The van der Waals surface area contributed by atoms with Crippen molar-refractivity contribution in [2.24, 2.45) is 10.2 Å². The van der Waals surface area contributed by atoms with Gasteiger partial charge in [-0.05, 0) is 53.7 Å². The lowest BCUT2D eigenvalue weighted by atomic mass is 10.2. The molecule has 1 amide bonds. The summed E-state index contributed by atoms with van der Waals surface area (Å²) in [6, 6.07) is 16.9. The molecule has 4 rings (SSSR count). The number of hydrogen-bond donors (Lipinski definition) is 0. The van der Waals surface area contributed by atoms with Crippen LogP contribution in [-0.2, 0) is 11.3 Å². The lowest BCUT2D eigenvalue weighted by molar-refractivity contribution is -0.122. The van der Waals surface area contributed by atoms with E-state index < -0.39 is 5.82 Å². The summed E-state index contributed by atoms with van der Waals surface area (Å²) in [5.41, 5.74) is 1.15. The van der Waals surface area contributed by atoms with Crippen LogP contribution >= 0.6 is 23.4 Å². The minimum Gasteiger partial charge on any atom is -0.467 e. The number of furan rings is 1. The summed E-state index contributed by atoms with van der Waals surface area (Å²) in [4.78, 5) is 14.9. The van der Waals surface area contributed by atoms with Gasteiger partial charge in [-0.15, -0.1) is 5.10 Å². The molecule has 0 bridgehead atoms. The molecule has 0 saturated carbocycles. The molecule has 0 atom stereocenters. The molecule has 5 nitrogen and oxygen atoms in total. The van der Waals surface area contributed by atoms with Crippen LogP contribution in [0.2, 0.25) is 5.02 Å². The first-order valence-corrected chi connectivity index (χ1v) is 10.1. The Morgan fingerprint density at radius 3 is 2.63 bits per heavy atom. The van der Waals surface area contributed by atoms with E-state index in [1.165, 1.54) is 28.9 Å². The van der Waals surface area contributed by atoms with E-state index in [1.54, 1.807) is 54.8 Å². The number of nitrogens with zero attached hydrogens (tertiary/aromatic N) is 3. The lowest BCUT2D eigenvalue weighted by Gasteiger charge is -2.12. The highest BCUT2D eigenvalue weighted by Crippen LogP contribution is 2.34. The van der Waals surface area contributed by atoms with Crippen molar-refractivity contribution in [3.8, 4) is 0 Å². The molecule has 2 aromatic carbocycles. The van der Waals surface area contributed by atoms with Crippen molar-refractivity contribution in [2.45, 2.75) is 6.54 Å². The molecular weight excluding hydrogens is 425 g/mol. The van der Waals surface area contributed by atoms with Crippen molar-refractivity contribution in [3.05, 3.63) is 99.6 Å². The zero-order valence-corrected chi connectivity index (χ0v) is 17.1. The maximum Gasteiger partial charge on any atom is 0.267 e. The van der Waals surface area contributed by atoms with E-state index >= 15 is 0 Å². The second kappa shape index (κ2) is 9.11. The van der Waals surface area contributed by atoms with Crippen molar-refractivity contribution in [1.82, 2.24) is 4.90 Å². The number of benzene rings is 2. The summed E-state index contributed by atoms with van der Waals surface area (Å²) in [5, 5.41) is 9.14. The van der Waals surface area contributed by atoms with E-state index in [1.807, 2.05) is 12.1 Å². The monoisotopic (exact) mass is 439 g/mol. The minimum atomic E-state index is -0.396. The molecule has 1 saturated heterocycles. The number of carbonyl (C=O) groups is 1. The third kappa shape index (κ3) is 4.69. The predicted octanol–water partition coefficient (Wildman–Crippen LogP) is 5.58. The average Bonchev–Trinajstić information content (AvgIpc) is 3.35. The molecule has 1 aliphatic rings. The molecule has 3 aromatic rings. The number of hydrogen-bond acceptors (Lipinski definition) is 5. The fraction of sp³-hybridized carbons (Fsp3) is 0.0455. The maximum atomic E-state index is 13.8. The van der Waals surface area contributed by atoms with E-state index in [2.05, 4.69) is 10.2 Å². The van der Waals surface area contributed by atoms with Crippen LogP contribution < -0.4 is 0 Å². The standard InChI is InChI=1S/C22H15ClFN3O2S/c23-17-9-7-15(8-10-17)12-20-21(28)27(14-18-5-3-11-29-18)22(30-20)26-25-13-16-4-1-2-6-19(16)24/h1-13H,14H2/b20-12-,25-13+,26-22-. The summed E-state index contributed by atoms with van der Waals surface area (Å²) in [7, 11) is 0. The van der Waals surface area contributed by atoms with Crippen LogP contribution in [0.25, 0.3) is 6.08 Å². The first kappa shape index (κ1) is 20.1. The normalized spacial score (nSPS) is 17.0. The van der Waals surface area contributed by atoms with Gasteiger partial charge in [0.1, 0.15) is 11.6 Å². The van der Waals surface area contributed by atoms with Crippen LogP contribution in [0.4, 0.5) is 4.39 Å². The Morgan fingerprint density at radius 1 is 1.10 bits per heavy atom. The van der Waals surface area contributed by atoms with Gasteiger partial charge in [0.2, 0.25) is 0 Å². The summed E-state index contributed by atoms with van der Waals surface area (Å²) in [6.45, 7) is 0.213. The van der Waals surface area contributed by atoms with Gasteiger partial charge in [0.25, 0.3) is 5.91 Å². The quantitative estimate of drug-likeness (QED) is 0.296. The van der Waals surface area contributed by atoms with Gasteiger partial charge in [0.15, 0.2) is 5.17 Å².